The standard InChI is InChI=1S/C58H34N2O2S/c1-3-11-38(12-4-1)59(40-22-26-44-42-15-7-9-17-53(42)61-55(44)32-40)41-23-27-46-45-24-19-36(31-56(45)63-57(46)33-41)35-21-28-51-49(29-35)50-30-37-20-25-47-43-16-8-10-18-54(43)62-58(47)48(37)34-52(50)60(51)39-13-5-2-6-14-39/h1-34H. The van der Waals surface area contributed by atoms with E-state index in [-0.39, 0.29) is 0 Å². The lowest BCUT2D eigenvalue weighted by atomic mass is 10.00. The van der Waals surface area contributed by atoms with E-state index in [1.165, 1.54) is 53.0 Å². The maximum absolute atomic E-state index is 6.54. The maximum Gasteiger partial charge on any atom is 0.143 e. The molecule has 0 spiro atoms. The number of aromatic nitrogens is 1. The molecule has 5 heteroatoms. The number of anilines is 3. The molecule has 0 saturated carbocycles. The van der Waals surface area contributed by atoms with Gasteiger partial charge in [0, 0.05) is 86.7 Å². The van der Waals surface area contributed by atoms with Crippen LogP contribution in [-0.2, 0) is 0 Å². The summed E-state index contributed by atoms with van der Waals surface area (Å²) in [5.41, 5.74) is 12.7. The third-order valence-electron chi connectivity index (χ3n) is 12.9. The normalized spacial score (nSPS) is 12.1. The van der Waals surface area contributed by atoms with Gasteiger partial charge in [0.15, 0.2) is 0 Å². The molecule has 0 aliphatic carbocycles. The summed E-state index contributed by atoms with van der Waals surface area (Å²) in [6.07, 6.45) is 0. The van der Waals surface area contributed by atoms with Crippen LogP contribution in [0.3, 0.4) is 0 Å². The summed E-state index contributed by atoms with van der Waals surface area (Å²) in [5, 5.41) is 11.8. The van der Waals surface area contributed by atoms with E-state index in [1.54, 1.807) is 0 Å². The van der Waals surface area contributed by atoms with Crippen LogP contribution in [0.25, 0.3) is 113 Å². The summed E-state index contributed by atoms with van der Waals surface area (Å²) in [6.45, 7) is 0. The van der Waals surface area contributed by atoms with Crippen molar-refractivity contribution in [2.45, 2.75) is 0 Å². The molecule has 4 heterocycles. The molecule has 14 aromatic rings. The summed E-state index contributed by atoms with van der Waals surface area (Å²) in [6, 6.07) is 74.3. The van der Waals surface area contributed by atoms with E-state index >= 15 is 0 Å². The molecule has 0 N–H and O–H groups in total. The van der Waals surface area contributed by atoms with E-state index in [0.717, 1.165) is 77.5 Å². The quantitative estimate of drug-likeness (QED) is 0.173. The number of nitrogens with zero attached hydrogens (tertiary/aromatic N) is 2. The molecule has 0 saturated heterocycles. The highest BCUT2D eigenvalue weighted by atomic mass is 32.1. The number of fused-ring (bicyclic) bond motifs is 14. The van der Waals surface area contributed by atoms with E-state index in [0.29, 0.717) is 0 Å². The first-order valence-corrected chi connectivity index (χ1v) is 22.1. The van der Waals surface area contributed by atoms with Gasteiger partial charge in [0.05, 0.1) is 11.0 Å². The predicted octanol–water partition coefficient (Wildman–Crippen LogP) is 17.2. The minimum Gasteiger partial charge on any atom is -0.456 e. The van der Waals surface area contributed by atoms with Gasteiger partial charge >= 0.3 is 0 Å². The number of benzene rings is 10. The van der Waals surface area contributed by atoms with Gasteiger partial charge in [0.2, 0.25) is 0 Å². The highest BCUT2D eigenvalue weighted by Gasteiger charge is 2.20. The molecule has 14 rings (SSSR count). The second-order valence-electron chi connectivity index (χ2n) is 16.5. The lowest BCUT2D eigenvalue weighted by Gasteiger charge is -2.25. The van der Waals surface area contributed by atoms with Crippen molar-refractivity contribution in [3.63, 3.8) is 0 Å². The fourth-order valence-electron chi connectivity index (χ4n) is 10.0. The molecule has 294 valence electrons. The summed E-state index contributed by atoms with van der Waals surface area (Å²) in [7, 11) is 0. The number of para-hydroxylation sites is 4. The zero-order valence-corrected chi connectivity index (χ0v) is 34.6. The molecule has 0 fully saturated rings. The lowest BCUT2D eigenvalue weighted by Crippen LogP contribution is -2.09. The molecular formula is C58H34N2O2S. The Labute approximate surface area is 364 Å². The van der Waals surface area contributed by atoms with Gasteiger partial charge in [-0.05, 0) is 114 Å². The zero-order valence-electron chi connectivity index (χ0n) is 33.7. The number of hydrogen-bond donors (Lipinski definition) is 0. The topological polar surface area (TPSA) is 34.5 Å². The first-order chi connectivity index (χ1) is 31.2. The smallest absolute Gasteiger partial charge is 0.143 e. The predicted molar refractivity (Wildman–Crippen MR) is 266 cm³/mol. The number of hydrogen-bond acceptors (Lipinski definition) is 4. The molecule has 0 aliphatic heterocycles. The Bertz CT molecular complexity index is 4150. The van der Waals surface area contributed by atoms with Gasteiger partial charge in [-0.1, -0.05) is 103 Å². The first-order valence-electron chi connectivity index (χ1n) is 21.3. The van der Waals surface area contributed by atoms with Crippen LogP contribution in [0.2, 0.25) is 0 Å². The molecule has 0 amide bonds. The van der Waals surface area contributed by atoms with Gasteiger partial charge in [-0.25, -0.2) is 0 Å². The molecule has 0 bridgehead atoms. The third-order valence-corrected chi connectivity index (χ3v) is 14.1. The number of furan rings is 2. The summed E-state index contributed by atoms with van der Waals surface area (Å²) < 4.78 is 17.8. The Hall–Kier alpha value is -8.12. The van der Waals surface area contributed by atoms with E-state index in [2.05, 4.69) is 198 Å². The van der Waals surface area contributed by atoms with E-state index in [1.807, 2.05) is 29.5 Å². The van der Waals surface area contributed by atoms with Gasteiger partial charge in [0.25, 0.3) is 0 Å². The van der Waals surface area contributed by atoms with Gasteiger partial charge in [-0.3, -0.25) is 0 Å². The zero-order chi connectivity index (χ0) is 41.2. The Morgan fingerprint density at radius 3 is 1.78 bits per heavy atom. The second-order valence-corrected chi connectivity index (χ2v) is 17.6. The lowest BCUT2D eigenvalue weighted by molar-refractivity contribution is 0.669. The van der Waals surface area contributed by atoms with Crippen LogP contribution in [0.4, 0.5) is 17.1 Å². The van der Waals surface area contributed by atoms with Gasteiger partial charge in [0.1, 0.15) is 22.3 Å². The molecule has 0 aliphatic rings. The summed E-state index contributed by atoms with van der Waals surface area (Å²) in [5.74, 6) is 0. The fourth-order valence-corrected chi connectivity index (χ4v) is 11.2. The van der Waals surface area contributed by atoms with Crippen LogP contribution >= 0.6 is 11.3 Å². The average Bonchev–Trinajstić information content (AvgIpc) is 4.09. The second kappa shape index (κ2) is 13.2. The van der Waals surface area contributed by atoms with Crippen LogP contribution in [0, 0.1) is 0 Å². The minimum absolute atomic E-state index is 0.880. The molecule has 0 unspecified atom stereocenters. The Kier molecular flexibility index (Phi) is 7.24. The van der Waals surface area contributed by atoms with E-state index in [9.17, 15) is 0 Å². The van der Waals surface area contributed by atoms with E-state index in [4.69, 9.17) is 8.83 Å². The Morgan fingerprint density at radius 1 is 0.349 bits per heavy atom. The molecule has 0 radical (unpaired) electrons. The van der Waals surface area contributed by atoms with Crippen LogP contribution in [0.5, 0.6) is 0 Å². The van der Waals surface area contributed by atoms with Crippen LogP contribution in [0.1, 0.15) is 0 Å². The fraction of sp³-hybridized carbons (Fsp3) is 0. The SMILES string of the molecule is c1ccc(N(c2ccc3c(c2)oc2ccccc23)c2ccc3c(c2)sc2cc(-c4ccc5c(c4)c4cc6ccc7c8ccccc8oc7c6cc4n5-c4ccccc4)ccc23)cc1. The van der Waals surface area contributed by atoms with Crippen molar-refractivity contribution < 1.29 is 8.83 Å². The monoisotopic (exact) mass is 822 g/mol. The van der Waals surface area contributed by atoms with Gasteiger partial charge in [-0.15, -0.1) is 11.3 Å². The van der Waals surface area contributed by atoms with Crippen molar-refractivity contribution in [1.29, 1.82) is 0 Å². The van der Waals surface area contributed by atoms with Crippen molar-refractivity contribution in [1.82, 2.24) is 4.57 Å². The largest absolute Gasteiger partial charge is 0.456 e. The summed E-state index contributed by atoms with van der Waals surface area (Å²) in [4.78, 5) is 2.32. The minimum atomic E-state index is 0.880. The average molecular weight is 823 g/mol. The van der Waals surface area contributed by atoms with Crippen molar-refractivity contribution in [3.8, 4) is 16.8 Å². The van der Waals surface area contributed by atoms with Crippen LogP contribution in [0.15, 0.2) is 215 Å². The van der Waals surface area contributed by atoms with Gasteiger partial charge < -0.3 is 18.3 Å². The molecule has 63 heavy (non-hydrogen) atoms. The van der Waals surface area contributed by atoms with Crippen LogP contribution in [-0.4, -0.2) is 4.57 Å². The Morgan fingerprint density at radius 2 is 0.952 bits per heavy atom. The molecule has 4 aromatic heterocycles. The summed E-state index contributed by atoms with van der Waals surface area (Å²) >= 11 is 1.85. The van der Waals surface area contributed by atoms with Gasteiger partial charge in [-0.2, -0.15) is 0 Å². The first kappa shape index (κ1) is 34.6. The molecule has 0 atom stereocenters. The number of rotatable bonds is 5. The van der Waals surface area contributed by atoms with Crippen molar-refractivity contribution in [3.05, 3.63) is 206 Å². The highest BCUT2D eigenvalue weighted by molar-refractivity contribution is 7.25. The van der Waals surface area contributed by atoms with Crippen molar-refractivity contribution >= 4 is 125 Å². The molecule has 4 nitrogen and oxygen atoms in total. The van der Waals surface area contributed by atoms with Crippen molar-refractivity contribution in [2.75, 3.05) is 4.90 Å². The number of thiophene rings is 1. The van der Waals surface area contributed by atoms with Crippen LogP contribution < -0.4 is 4.90 Å². The highest BCUT2D eigenvalue weighted by Crippen LogP contribution is 2.45. The Balaban J connectivity index is 0.900. The molecular weight excluding hydrogens is 789 g/mol. The maximum atomic E-state index is 6.54. The van der Waals surface area contributed by atoms with E-state index < -0.39 is 0 Å². The molecule has 10 aromatic carbocycles. The third kappa shape index (κ3) is 5.21. The van der Waals surface area contributed by atoms with Crippen molar-refractivity contribution in [2.24, 2.45) is 0 Å².